The predicted molar refractivity (Wildman–Crippen MR) is 98.9 cm³/mol. The lowest BCUT2D eigenvalue weighted by Gasteiger charge is -2.14. The summed E-state index contributed by atoms with van der Waals surface area (Å²) in [7, 11) is -4.39. The Morgan fingerprint density at radius 1 is 0.759 bits per heavy atom. The van der Waals surface area contributed by atoms with E-state index in [2.05, 4.69) is 4.98 Å². The normalized spacial score (nSPS) is 11.7. The Bertz CT molecular complexity index is 1370. The molecule has 0 aliphatic heterocycles. The summed E-state index contributed by atoms with van der Waals surface area (Å²) in [6, 6.07) is 11.3. The quantitative estimate of drug-likeness (QED) is 0.336. The predicted octanol–water partition coefficient (Wildman–Crippen LogP) is 5.29. The van der Waals surface area contributed by atoms with Crippen molar-refractivity contribution >= 4 is 20.7 Å². The second kappa shape index (κ2) is 6.97. The molecule has 146 valence electrons. The maximum Gasteiger partial charge on any atom is 0.208 e. The maximum atomic E-state index is 14.2. The number of fused-ring (bicyclic) bond motifs is 1. The van der Waals surface area contributed by atoms with Gasteiger partial charge in [-0.2, -0.15) is 0 Å². The van der Waals surface area contributed by atoms with Gasteiger partial charge in [-0.1, -0.05) is 24.3 Å². The van der Waals surface area contributed by atoms with E-state index in [-0.39, 0.29) is 26.9 Å². The SMILES string of the molecule is O=S(=O)(c1ccc(F)c(F)c1)c1cnc2c(F)cccc2c1-c1cccc(F)c1. The first kappa shape index (κ1) is 19.1. The number of sulfone groups is 1. The minimum absolute atomic E-state index is 0.0127. The Morgan fingerprint density at radius 3 is 2.24 bits per heavy atom. The number of aromatic nitrogens is 1. The largest absolute Gasteiger partial charge is 0.252 e. The molecule has 4 rings (SSSR count). The van der Waals surface area contributed by atoms with E-state index >= 15 is 0 Å². The first-order valence-electron chi connectivity index (χ1n) is 8.32. The zero-order valence-electron chi connectivity index (χ0n) is 14.5. The van der Waals surface area contributed by atoms with Crippen molar-refractivity contribution in [1.82, 2.24) is 4.98 Å². The summed E-state index contributed by atoms with van der Waals surface area (Å²) in [6.45, 7) is 0. The summed E-state index contributed by atoms with van der Waals surface area (Å²) in [4.78, 5) is 3.02. The third kappa shape index (κ3) is 3.25. The highest BCUT2D eigenvalue weighted by Crippen LogP contribution is 2.37. The lowest BCUT2D eigenvalue weighted by molar-refractivity contribution is 0.504. The van der Waals surface area contributed by atoms with E-state index in [0.717, 1.165) is 24.4 Å². The fourth-order valence-electron chi connectivity index (χ4n) is 3.09. The first-order chi connectivity index (χ1) is 13.8. The number of halogens is 4. The Labute approximate surface area is 163 Å². The van der Waals surface area contributed by atoms with Crippen LogP contribution in [-0.4, -0.2) is 13.4 Å². The van der Waals surface area contributed by atoms with Gasteiger partial charge < -0.3 is 0 Å². The molecule has 0 aliphatic carbocycles. The molecule has 4 aromatic rings. The van der Waals surface area contributed by atoms with Gasteiger partial charge in [0.25, 0.3) is 0 Å². The van der Waals surface area contributed by atoms with Crippen molar-refractivity contribution in [3.63, 3.8) is 0 Å². The molecular weight excluding hydrogens is 406 g/mol. The van der Waals surface area contributed by atoms with E-state index in [1.54, 1.807) is 0 Å². The van der Waals surface area contributed by atoms with E-state index in [9.17, 15) is 26.0 Å². The van der Waals surface area contributed by atoms with Crippen molar-refractivity contribution in [2.24, 2.45) is 0 Å². The summed E-state index contributed by atoms with van der Waals surface area (Å²) in [6.07, 6.45) is 0.933. The Morgan fingerprint density at radius 2 is 1.52 bits per heavy atom. The van der Waals surface area contributed by atoms with Crippen LogP contribution in [0, 0.1) is 23.3 Å². The van der Waals surface area contributed by atoms with Gasteiger partial charge >= 0.3 is 0 Å². The van der Waals surface area contributed by atoms with Crippen LogP contribution in [0.1, 0.15) is 0 Å². The zero-order chi connectivity index (χ0) is 20.8. The van der Waals surface area contributed by atoms with Crippen molar-refractivity contribution in [3.05, 3.63) is 90.1 Å². The third-order valence-corrected chi connectivity index (χ3v) is 6.18. The maximum absolute atomic E-state index is 14.2. The van der Waals surface area contributed by atoms with Gasteiger partial charge in [0, 0.05) is 17.1 Å². The summed E-state index contributed by atoms with van der Waals surface area (Å²) < 4.78 is 81.4. The number of hydrogen-bond donors (Lipinski definition) is 0. The molecular formula is C21H11F4NO2S. The number of nitrogens with zero attached hydrogens (tertiary/aromatic N) is 1. The van der Waals surface area contributed by atoms with Crippen LogP contribution in [0.2, 0.25) is 0 Å². The summed E-state index contributed by atoms with van der Waals surface area (Å²) in [5, 5.41) is 0.138. The van der Waals surface area contributed by atoms with Gasteiger partial charge in [-0.25, -0.2) is 26.0 Å². The Balaban J connectivity index is 2.09. The second-order valence-corrected chi connectivity index (χ2v) is 8.14. The highest BCUT2D eigenvalue weighted by atomic mass is 32.2. The molecule has 0 amide bonds. The Hall–Kier alpha value is -3.26. The van der Waals surface area contributed by atoms with Gasteiger partial charge in [-0.3, -0.25) is 4.98 Å². The molecule has 0 spiro atoms. The van der Waals surface area contributed by atoms with Crippen LogP contribution in [0.3, 0.4) is 0 Å². The molecule has 0 unspecified atom stereocenters. The van der Waals surface area contributed by atoms with Gasteiger partial charge in [0.05, 0.1) is 9.79 Å². The minimum atomic E-state index is -4.39. The lowest BCUT2D eigenvalue weighted by Crippen LogP contribution is -2.07. The van der Waals surface area contributed by atoms with Crippen molar-refractivity contribution in [2.45, 2.75) is 9.79 Å². The molecule has 3 nitrogen and oxygen atoms in total. The topological polar surface area (TPSA) is 47.0 Å². The number of benzene rings is 3. The molecule has 29 heavy (non-hydrogen) atoms. The van der Waals surface area contributed by atoms with Gasteiger partial charge in [-0.15, -0.1) is 0 Å². The third-order valence-electron chi connectivity index (χ3n) is 4.42. The summed E-state index contributed by atoms with van der Waals surface area (Å²) in [5.41, 5.74) is 0.0823. The average Bonchev–Trinajstić information content (AvgIpc) is 2.69. The monoisotopic (exact) mass is 417 g/mol. The van der Waals surface area contributed by atoms with E-state index in [0.29, 0.717) is 12.1 Å². The van der Waals surface area contributed by atoms with Gasteiger partial charge in [0.1, 0.15) is 17.2 Å². The van der Waals surface area contributed by atoms with Crippen LogP contribution in [0.4, 0.5) is 17.6 Å². The van der Waals surface area contributed by atoms with Crippen molar-refractivity contribution < 1.29 is 26.0 Å². The molecule has 3 aromatic carbocycles. The molecule has 0 saturated heterocycles. The van der Waals surface area contributed by atoms with Crippen molar-refractivity contribution in [1.29, 1.82) is 0 Å². The van der Waals surface area contributed by atoms with Crippen LogP contribution >= 0.6 is 0 Å². The van der Waals surface area contributed by atoms with Gasteiger partial charge in [-0.05, 0) is 42.0 Å². The molecule has 0 fully saturated rings. The standard InChI is InChI=1S/C21H11F4NO2S/c22-13-4-1-3-12(9-13)20-15-5-2-6-17(24)21(15)26-11-19(20)29(27,28)14-7-8-16(23)18(25)10-14/h1-11H. The van der Waals surface area contributed by atoms with Crippen molar-refractivity contribution in [2.75, 3.05) is 0 Å². The fraction of sp³-hybridized carbons (Fsp3) is 0. The molecule has 0 N–H and O–H groups in total. The number of pyridine rings is 1. The fourth-order valence-corrected chi connectivity index (χ4v) is 4.53. The highest BCUT2D eigenvalue weighted by Gasteiger charge is 2.26. The molecule has 8 heteroatoms. The molecule has 0 bridgehead atoms. The lowest BCUT2D eigenvalue weighted by atomic mass is 10.0. The van der Waals surface area contributed by atoms with E-state index in [4.69, 9.17) is 0 Å². The number of para-hydroxylation sites is 1. The van der Waals surface area contributed by atoms with Crippen LogP contribution < -0.4 is 0 Å². The van der Waals surface area contributed by atoms with E-state index in [1.807, 2.05) is 0 Å². The molecule has 1 heterocycles. The zero-order valence-corrected chi connectivity index (χ0v) is 15.4. The van der Waals surface area contributed by atoms with E-state index in [1.165, 1.54) is 30.3 Å². The molecule has 0 aliphatic rings. The van der Waals surface area contributed by atoms with Crippen LogP contribution in [0.15, 0.2) is 76.7 Å². The average molecular weight is 417 g/mol. The van der Waals surface area contributed by atoms with Crippen LogP contribution in [0.5, 0.6) is 0 Å². The number of hydrogen-bond acceptors (Lipinski definition) is 3. The first-order valence-corrected chi connectivity index (χ1v) is 9.80. The molecule has 1 aromatic heterocycles. The van der Waals surface area contributed by atoms with Crippen LogP contribution in [-0.2, 0) is 9.84 Å². The van der Waals surface area contributed by atoms with Gasteiger partial charge in [0.15, 0.2) is 11.6 Å². The highest BCUT2D eigenvalue weighted by molar-refractivity contribution is 7.91. The smallest absolute Gasteiger partial charge is 0.208 e. The molecule has 0 atom stereocenters. The minimum Gasteiger partial charge on any atom is -0.252 e. The van der Waals surface area contributed by atoms with Crippen molar-refractivity contribution in [3.8, 4) is 11.1 Å². The van der Waals surface area contributed by atoms with Gasteiger partial charge in [0.2, 0.25) is 9.84 Å². The molecule has 0 radical (unpaired) electrons. The second-order valence-electron chi connectivity index (χ2n) is 6.22. The van der Waals surface area contributed by atoms with E-state index < -0.39 is 38.0 Å². The van der Waals surface area contributed by atoms with Crippen LogP contribution in [0.25, 0.3) is 22.0 Å². The molecule has 0 saturated carbocycles. The number of rotatable bonds is 3. The summed E-state index contributed by atoms with van der Waals surface area (Å²) in [5.74, 6) is -3.84. The Kier molecular flexibility index (Phi) is 4.58. The summed E-state index contributed by atoms with van der Waals surface area (Å²) >= 11 is 0.